The van der Waals surface area contributed by atoms with E-state index >= 15 is 0 Å². The molecule has 2 nitrogen and oxygen atoms in total. The van der Waals surface area contributed by atoms with Crippen molar-refractivity contribution in [2.24, 2.45) is 5.92 Å². The number of para-hydroxylation sites is 1. The van der Waals surface area contributed by atoms with E-state index in [-0.39, 0.29) is 0 Å². The van der Waals surface area contributed by atoms with Gasteiger partial charge in [-0.3, -0.25) is 0 Å². The smallest absolute Gasteiger partial charge is 0.135 e. The van der Waals surface area contributed by atoms with Gasteiger partial charge in [-0.1, -0.05) is 104 Å². The van der Waals surface area contributed by atoms with Gasteiger partial charge in [-0.15, -0.1) is 0 Å². The van der Waals surface area contributed by atoms with E-state index in [0.29, 0.717) is 5.92 Å². The molecule has 2 heteroatoms. The van der Waals surface area contributed by atoms with Crippen LogP contribution in [0.25, 0.3) is 77.4 Å². The van der Waals surface area contributed by atoms with Crippen molar-refractivity contribution < 1.29 is 4.74 Å². The van der Waals surface area contributed by atoms with Crippen LogP contribution in [0.15, 0.2) is 133 Å². The summed E-state index contributed by atoms with van der Waals surface area (Å²) < 4.78 is 8.89. The maximum Gasteiger partial charge on any atom is 0.135 e. The molecule has 7 aromatic carbocycles. The molecule has 1 aliphatic heterocycles. The van der Waals surface area contributed by atoms with Crippen molar-refractivity contribution in [1.29, 1.82) is 0 Å². The van der Waals surface area contributed by atoms with Crippen LogP contribution in [0.3, 0.4) is 0 Å². The first-order valence-electron chi connectivity index (χ1n) is 15.8. The van der Waals surface area contributed by atoms with Gasteiger partial charge < -0.3 is 9.30 Å². The third-order valence-corrected chi connectivity index (χ3v) is 9.89. The predicted octanol–water partition coefficient (Wildman–Crippen LogP) is 11.7. The van der Waals surface area contributed by atoms with Gasteiger partial charge in [0.1, 0.15) is 11.5 Å². The van der Waals surface area contributed by atoms with Crippen molar-refractivity contribution in [3.8, 4) is 39.4 Å². The van der Waals surface area contributed by atoms with Gasteiger partial charge in [-0.2, -0.15) is 0 Å². The molecule has 0 saturated carbocycles. The van der Waals surface area contributed by atoms with Crippen LogP contribution in [0.2, 0.25) is 0 Å². The van der Waals surface area contributed by atoms with E-state index in [2.05, 4.69) is 145 Å². The molecule has 1 unspecified atom stereocenters. The molecule has 1 aliphatic carbocycles. The zero-order valence-electron chi connectivity index (χ0n) is 24.9. The summed E-state index contributed by atoms with van der Waals surface area (Å²) in [5, 5.41) is 7.49. The molecule has 2 heterocycles. The minimum atomic E-state index is 0.543. The maximum absolute atomic E-state index is 6.41. The average molecular weight is 576 g/mol. The lowest BCUT2D eigenvalue weighted by Gasteiger charge is -2.22. The molecule has 212 valence electrons. The van der Waals surface area contributed by atoms with Crippen LogP contribution in [0.1, 0.15) is 18.1 Å². The third kappa shape index (κ3) is 3.57. The summed E-state index contributed by atoms with van der Waals surface area (Å²) in [6.45, 7) is 2.31. The highest BCUT2D eigenvalue weighted by molar-refractivity contribution is 6.14. The van der Waals surface area contributed by atoms with Crippen LogP contribution < -0.4 is 4.74 Å². The molecule has 1 aromatic heterocycles. The fourth-order valence-electron chi connectivity index (χ4n) is 7.80. The fourth-order valence-corrected chi connectivity index (χ4v) is 7.80. The molecule has 8 aromatic rings. The first-order chi connectivity index (χ1) is 22.2. The van der Waals surface area contributed by atoms with Gasteiger partial charge in [0.25, 0.3) is 0 Å². The van der Waals surface area contributed by atoms with Gasteiger partial charge in [0.05, 0.1) is 16.7 Å². The second-order valence-electron chi connectivity index (χ2n) is 12.6. The summed E-state index contributed by atoms with van der Waals surface area (Å²) in [7, 11) is 0. The van der Waals surface area contributed by atoms with Crippen LogP contribution in [0.5, 0.6) is 11.5 Å². The summed E-state index contributed by atoms with van der Waals surface area (Å²) in [4.78, 5) is 0. The molecule has 1 atom stereocenters. The van der Waals surface area contributed by atoms with Gasteiger partial charge in [0, 0.05) is 27.1 Å². The number of hydrogen-bond donors (Lipinski definition) is 0. The fraction of sp³-hybridized carbons (Fsp3) is 0.0698. The van der Waals surface area contributed by atoms with Gasteiger partial charge in [0.15, 0.2) is 0 Å². The monoisotopic (exact) mass is 575 g/mol. The zero-order chi connectivity index (χ0) is 29.6. The normalized spacial score (nSPS) is 15.0. The Morgan fingerprint density at radius 2 is 1.40 bits per heavy atom. The van der Waals surface area contributed by atoms with E-state index in [1.807, 2.05) is 6.07 Å². The van der Waals surface area contributed by atoms with Crippen LogP contribution in [0, 0.1) is 5.92 Å². The largest absolute Gasteiger partial charge is 0.456 e. The summed E-state index contributed by atoms with van der Waals surface area (Å²) in [6, 6.07) is 46.6. The number of nitrogens with zero attached hydrogens (tertiary/aromatic N) is 1. The van der Waals surface area contributed by atoms with E-state index in [1.165, 1.54) is 76.9 Å². The first-order valence-corrected chi connectivity index (χ1v) is 15.8. The molecule has 45 heavy (non-hydrogen) atoms. The highest BCUT2D eigenvalue weighted by Gasteiger charge is 2.23. The summed E-state index contributed by atoms with van der Waals surface area (Å²) >= 11 is 0. The second kappa shape index (κ2) is 9.20. The second-order valence-corrected chi connectivity index (χ2v) is 12.6. The zero-order valence-corrected chi connectivity index (χ0v) is 24.9. The van der Waals surface area contributed by atoms with Crippen LogP contribution in [-0.4, -0.2) is 4.57 Å². The van der Waals surface area contributed by atoms with Gasteiger partial charge >= 0.3 is 0 Å². The highest BCUT2D eigenvalue weighted by Crippen LogP contribution is 2.49. The highest BCUT2D eigenvalue weighted by atomic mass is 16.5. The SMILES string of the molecule is CC1C=Cc2cc3c(cc2C1)c1cc(-c2ccc4c5c(cccc25)-c2ccccc2O4)ccc1n3-c1cccc2ccccc12. The van der Waals surface area contributed by atoms with Crippen molar-refractivity contribution in [2.45, 2.75) is 13.3 Å². The Bertz CT molecular complexity index is 2560. The number of ether oxygens (including phenoxy) is 1. The van der Waals surface area contributed by atoms with Crippen molar-refractivity contribution in [2.75, 3.05) is 0 Å². The number of aromatic nitrogens is 1. The van der Waals surface area contributed by atoms with E-state index in [4.69, 9.17) is 4.74 Å². The first kappa shape index (κ1) is 24.8. The van der Waals surface area contributed by atoms with Crippen LogP contribution in [0.4, 0.5) is 0 Å². The number of fused-ring (bicyclic) bond motifs is 7. The standard InChI is InChI=1S/C43H29NO/c1-26-16-17-28-25-40-37(24-30(28)22-26)36-23-29(18-20-39(36)44(40)38-14-6-9-27-8-2-3-10-32(27)38)31-19-21-42-43-34(31)12-7-13-35(43)33-11-4-5-15-41(33)45-42/h2-21,23-26H,22H2,1H3. The molecule has 0 N–H and O–H groups in total. The lowest BCUT2D eigenvalue weighted by molar-refractivity contribution is 0.487. The third-order valence-electron chi connectivity index (χ3n) is 9.89. The van der Waals surface area contributed by atoms with Crippen LogP contribution in [-0.2, 0) is 6.42 Å². The van der Waals surface area contributed by atoms with E-state index < -0.39 is 0 Å². The number of benzene rings is 7. The molecule has 0 amide bonds. The van der Waals surface area contributed by atoms with E-state index in [9.17, 15) is 0 Å². The van der Waals surface area contributed by atoms with Crippen molar-refractivity contribution in [1.82, 2.24) is 4.57 Å². The number of rotatable bonds is 2. The Kier molecular flexibility index (Phi) is 5.07. The summed E-state index contributed by atoms with van der Waals surface area (Å²) in [5.41, 5.74) is 11.3. The number of allylic oxidation sites excluding steroid dienone is 1. The molecular weight excluding hydrogens is 546 g/mol. The molecule has 10 rings (SSSR count). The van der Waals surface area contributed by atoms with Gasteiger partial charge in [-0.25, -0.2) is 0 Å². The number of hydrogen-bond acceptors (Lipinski definition) is 1. The Balaban J connectivity index is 1.26. The predicted molar refractivity (Wildman–Crippen MR) is 189 cm³/mol. The van der Waals surface area contributed by atoms with Crippen molar-refractivity contribution in [3.63, 3.8) is 0 Å². The van der Waals surface area contributed by atoms with Crippen molar-refractivity contribution >= 4 is 49.4 Å². The molecular formula is C43H29NO. The topological polar surface area (TPSA) is 14.2 Å². The lowest BCUT2D eigenvalue weighted by atomic mass is 9.89. The molecule has 0 spiro atoms. The minimum Gasteiger partial charge on any atom is -0.456 e. The molecule has 0 saturated heterocycles. The van der Waals surface area contributed by atoms with E-state index in [1.54, 1.807) is 0 Å². The van der Waals surface area contributed by atoms with E-state index in [0.717, 1.165) is 23.5 Å². The maximum atomic E-state index is 6.41. The Hall–Kier alpha value is -5.60. The molecule has 2 aliphatic rings. The molecule has 0 radical (unpaired) electrons. The summed E-state index contributed by atoms with van der Waals surface area (Å²) in [5.74, 6) is 2.38. The quantitative estimate of drug-likeness (QED) is 0.200. The van der Waals surface area contributed by atoms with Crippen molar-refractivity contribution in [3.05, 3.63) is 145 Å². The molecule has 0 fully saturated rings. The molecule has 0 bridgehead atoms. The Morgan fingerprint density at radius 1 is 0.600 bits per heavy atom. The average Bonchev–Trinajstić information content (AvgIpc) is 3.39. The minimum absolute atomic E-state index is 0.543. The Morgan fingerprint density at radius 3 is 2.38 bits per heavy atom. The van der Waals surface area contributed by atoms with Crippen LogP contribution >= 0.6 is 0 Å². The lowest BCUT2D eigenvalue weighted by Crippen LogP contribution is -2.03. The Labute approximate surface area is 261 Å². The summed E-state index contributed by atoms with van der Waals surface area (Å²) in [6.07, 6.45) is 5.73. The van der Waals surface area contributed by atoms with Gasteiger partial charge in [-0.05, 0) is 93.4 Å². The van der Waals surface area contributed by atoms with Gasteiger partial charge in [0.2, 0.25) is 0 Å².